The SMILES string of the molecule is Fc1c(F)c(F)c(-c2c(F)c(F)c(F)c(F)c2OB(Oc2c(F)c(F)c(F)c(F)c2-c2c(F)c(F)c(F)c(F)c2F)c2c(F)c(F)c3c(F)c(F)c4c(F)c(F)c(F)c5c(F)c(F)c2c3c45)c(F)c1F. The van der Waals surface area contributed by atoms with Gasteiger partial charge in [0.25, 0.3) is 0 Å². The molecular weight excluding hydrogens is 1040 g/mol. The van der Waals surface area contributed by atoms with Gasteiger partial charge in [0, 0.05) is 16.2 Å². The molecule has 0 atom stereocenters. The van der Waals surface area contributed by atoms with Crippen LogP contribution in [0, 0.1) is 157 Å². The highest BCUT2D eigenvalue weighted by Gasteiger charge is 2.46. The van der Waals surface area contributed by atoms with Gasteiger partial charge in [0.05, 0.1) is 43.9 Å². The lowest BCUT2D eigenvalue weighted by molar-refractivity contribution is 0.352. The van der Waals surface area contributed by atoms with Crippen LogP contribution in [0.3, 0.4) is 0 Å². The fourth-order valence-corrected chi connectivity index (χ4v) is 7.27. The number of hydrogen-bond donors (Lipinski definition) is 0. The van der Waals surface area contributed by atoms with Crippen LogP contribution in [-0.2, 0) is 0 Å². The van der Waals surface area contributed by atoms with Crippen LogP contribution in [-0.4, -0.2) is 7.12 Å². The fourth-order valence-electron chi connectivity index (χ4n) is 7.27. The lowest BCUT2D eigenvalue weighted by Crippen LogP contribution is -2.47. The van der Waals surface area contributed by atoms with Gasteiger partial charge >= 0.3 is 7.12 Å². The summed E-state index contributed by atoms with van der Waals surface area (Å²) in [4.78, 5) is 0. The van der Waals surface area contributed by atoms with Crippen molar-refractivity contribution in [2.75, 3.05) is 0 Å². The van der Waals surface area contributed by atoms with Crippen LogP contribution in [0.4, 0.5) is 119 Å². The van der Waals surface area contributed by atoms with Crippen LogP contribution < -0.4 is 14.8 Å². The molecule has 0 spiro atoms. The maximum Gasteiger partial charge on any atom is 0.636 e. The molecule has 8 aromatic carbocycles. The third-order valence-electron chi connectivity index (χ3n) is 10.3. The highest BCUT2D eigenvalue weighted by atomic mass is 19.2. The Morgan fingerprint density at radius 3 is 0.686 bits per heavy atom. The predicted molar refractivity (Wildman–Crippen MR) is 179 cm³/mol. The summed E-state index contributed by atoms with van der Waals surface area (Å²) in [5.74, 6) is -94.7. The monoisotopic (exact) mass is 1040 g/mol. The van der Waals surface area contributed by atoms with Crippen molar-refractivity contribution in [3.63, 3.8) is 0 Å². The molecule has 0 saturated heterocycles. The highest BCUT2D eigenvalue weighted by molar-refractivity contribution is 6.66. The van der Waals surface area contributed by atoms with Crippen molar-refractivity contribution in [1.82, 2.24) is 0 Å². The molecule has 70 heavy (non-hydrogen) atoms. The average molecular weight is 1040 g/mol. The quantitative estimate of drug-likeness (QED) is 0.0521. The second kappa shape index (κ2) is 16.3. The zero-order valence-electron chi connectivity index (χ0n) is 31.6. The van der Waals surface area contributed by atoms with E-state index in [2.05, 4.69) is 9.31 Å². The molecular formula is C40BF27O2. The van der Waals surface area contributed by atoms with Gasteiger partial charge in [0.15, 0.2) is 134 Å². The van der Waals surface area contributed by atoms with Crippen molar-refractivity contribution in [3.8, 4) is 33.8 Å². The van der Waals surface area contributed by atoms with E-state index in [1.165, 1.54) is 0 Å². The van der Waals surface area contributed by atoms with Gasteiger partial charge in [-0.05, 0) is 0 Å². The van der Waals surface area contributed by atoms with Crippen molar-refractivity contribution in [3.05, 3.63) is 157 Å². The molecule has 0 aliphatic heterocycles. The van der Waals surface area contributed by atoms with Gasteiger partial charge in [-0.25, -0.2) is 110 Å². The fraction of sp³-hybridized carbons (Fsp3) is 0. The maximum atomic E-state index is 16.7. The van der Waals surface area contributed by atoms with E-state index in [9.17, 15) is 39.5 Å². The first-order valence-electron chi connectivity index (χ1n) is 17.5. The van der Waals surface area contributed by atoms with Crippen LogP contribution in [0.15, 0.2) is 0 Å². The number of halogens is 27. The standard InChI is InChI=1S/C40BF27O2/c42-12-3-1-2-5(13(12)43)17(47)26(56)18(48)6(2)15(45)14(44)4(1)16(46)25(55)11(3)41(69-39-9(23(53)31(61)35(65)37(39)67)7-19(49)27(57)33(63)28(58)20(7)50)70-40-10(24(54)32(62)36(66)38(40)68)8-21(51)29(59)34(64)30(60)22(8)52. The van der Waals surface area contributed by atoms with Crippen LogP contribution in [0.5, 0.6) is 11.5 Å². The smallest absolute Gasteiger partial charge is 0.519 e. The van der Waals surface area contributed by atoms with Crippen molar-refractivity contribution < 1.29 is 128 Å². The summed E-state index contributed by atoms with van der Waals surface area (Å²) in [6.45, 7) is 0. The Bertz CT molecular complexity index is 3490. The van der Waals surface area contributed by atoms with Gasteiger partial charge in [-0.15, -0.1) is 0 Å². The van der Waals surface area contributed by atoms with Crippen LogP contribution in [0.2, 0.25) is 0 Å². The van der Waals surface area contributed by atoms with Gasteiger partial charge in [-0.3, -0.25) is 0 Å². The van der Waals surface area contributed by atoms with Crippen molar-refractivity contribution in [2.45, 2.75) is 0 Å². The van der Waals surface area contributed by atoms with E-state index in [1.807, 2.05) is 0 Å². The Balaban J connectivity index is 1.62. The molecule has 30 heteroatoms. The molecule has 0 heterocycles. The zero-order chi connectivity index (χ0) is 52.1. The van der Waals surface area contributed by atoms with Gasteiger partial charge in [0.1, 0.15) is 0 Å². The zero-order valence-corrected chi connectivity index (χ0v) is 31.6. The number of benzene rings is 8. The lowest BCUT2D eigenvalue weighted by atomic mass is 9.72. The molecule has 0 bridgehead atoms. The third-order valence-corrected chi connectivity index (χ3v) is 10.3. The Morgan fingerprint density at radius 2 is 0.371 bits per heavy atom. The van der Waals surface area contributed by atoms with Crippen LogP contribution in [0.1, 0.15) is 0 Å². The number of rotatable bonds is 7. The Morgan fingerprint density at radius 1 is 0.171 bits per heavy atom. The molecule has 0 fully saturated rings. The van der Waals surface area contributed by atoms with E-state index in [0.29, 0.717) is 0 Å². The summed E-state index contributed by atoms with van der Waals surface area (Å²) >= 11 is 0. The van der Waals surface area contributed by atoms with E-state index in [0.717, 1.165) is 0 Å². The molecule has 0 amide bonds. The molecule has 2 nitrogen and oxygen atoms in total. The highest BCUT2D eigenvalue weighted by Crippen LogP contribution is 2.48. The molecule has 8 rings (SSSR count). The first kappa shape index (κ1) is 49.0. The molecule has 0 radical (unpaired) electrons. The summed E-state index contributed by atoms with van der Waals surface area (Å²) in [7, 11) is -4.73. The van der Waals surface area contributed by atoms with Gasteiger partial charge in [-0.2, -0.15) is 8.78 Å². The normalized spacial score (nSPS) is 11.9. The van der Waals surface area contributed by atoms with Crippen molar-refractivity contribution in [2.24, 2.45) is 0 Å². The van der Waals surface area contributed by atoms with Crippen LogP contribution in [0.25, 0.3) is 54.6 Å². The largest absolute Gasteiger partial charge is 0.636 e. The van der Waals surface area contributed by atoms with Gasteiger partial charge in [-0.1, -0.05) is 0 Å². The molecule has 8 aromatic rings. The molecule has 0 aromatic heterocycles. The minimum Gasteiger partial charge on any atom is -0.519 e. The van der Waals surface area contributed by atoms with E-state index >= 15 is 79.0 Å². The predicted octanol–water partition coefficient (Wildman–Crippen LogP) is 13.5. The Kier molecular flexibility index (Phi) is 11.4. The topological polar surface area (TPSA) is 18.5 Å². The third kappa shape index (κ3) is 6.31. The second-order valence-electron chi connectivity index (χ2n) is 13.9. The summed E-state index contributed by atoms with van der Waals surface area (Å²) in [5.41, 5.74) is -15.2. The van der Waals surface area contributed by atoms with Crippen molar-refractivity contribution >= 4 is 44.9 Å². The first-order valence-corrected chi connectivity index (χ1v) is 17.5. The first-order chi connectivity index (χ1) is 32.6. The molecule has 0 saturated carbocycles. The Hall–Kier alpha value is -7.43. The minimum absolute atomic E-state index is 2.17. The number of hydrogen-bond acceptors (Lipinski definition) is 2. The summed E-state index contributed by atoms with van der Waals surface area (Å²) in [5, 5.41) is -14.4. The Labute approximate surface area is 363 Å². The molecule has 0 aliphatic rings. The van der Waals surface area contributed by atoms with Crippen molar-refractivity contribution in [1.29, 1.82) is 0 Å². The lowest BCUT2D eigenvalue weighted by Gasteiger charge is -2.25. The molecule has 364 valence electrons. The minimum atomic E-state index is -4.73. The second-order valence-corrected chi connectivity index (χ2v) is 13.9. The molecule has 0 aliphatic carbocycles. The van der Waals surface area contributed by atoms with Crippen LogP contribution >= 0.6 is 0 Å². The van der Waals surface area contributed by atoms with E-state index in [1.54, 1.807) is 0 Å². The van der Waals surface area contributed by atoms with E-state index < -0.39 is 236 Å². The molecule has 0 N–H and O–H groups in total. The summed E-state index contributed by atoms with van der Waals surface area (Å²) in [6, 6.07) is 0. The van der Waals surface area contributed by atoms with E-state index in [-0.39, 0.29) is 0 Å². The summed E-state index contributed by atoms with van der Waals surface area (Å²) < 4.78 is 420. The summed E-state index contributed by atoms with van der Waals surface area (Å²) in [6.07, 6.45) is 0. The average Bonchev–Trinajstić information content (AvgIpc) is 3.32. The van der Waals surface area contributed by atoms with Gasteiger partial charge in [0.2, 0.25) is 34.9 Å². The van der Waals surface area contributed by atoms with E-state index in [4.69, 9.17) is 0 Å². The molecule has 0 unspecified atom stereocenters. The maximum absolute atomic E-state index is 16.7. The van der Waals surface area contributed by atoms with Gasteiger partial charge < -0.3 is 9.31 Å².